The molecule has 1 unspecified atom stereocenters. The van der Waals surface area contributed by atoms with E-state index in [0.29, 0.717) is 25.2 Å². The number of hydrogen-bond acceptors (Lipinski definition) is 3. The Kier molecular flexibility index (Phi) is 4.33. The Morgan fingerprint density at radius 1 is 1.14 bits per heavy atom. The molecule has 4 nitrogen and oxygen atoms in total. The molecule has 1 aliphatic heterocycles. The summed E-state index contributed by atoms with van der Waals surface area (Å²) in [5.74, 6) is 0. The van der Waals surface area contributed by atoms with E-state index < -0.39 is 10.0 Å². The van der Waals surface area contributed by atoms with Crippen LogP contribution in [-0.2, 0) is 16.4 Å². The second kappa shape index (κ2) is 6.07. The van der Waals surface area contributed by atoms with Crippen LogP contribution in [0.5, 0.6) is 0 Å². The first-order valence-corrected chi connectivity index (χ1v) is 9.68. The molecule has 1 aliphatic carbocycles. The molecule has 21 heavy (non-hydrogen) atoms. The maximum Gasteiger partial charge on any atom is 0.211 e. The molecule has 0 radical (unpaired) electrons. The predicted molar refractivity (Wildman–Crippen MR) is 84.7 cm³/mol. The van der Waals surface area contributed by atoms with Gasteiger partial charge in [-0.15, -0.1) is 0 Å². The average molecular weight is 308 g/mol. The number of rotatable bonds is 3. The van der Waals surface area contributed by atoms with Gasteiger partial charge in [-0.05, 0) is 43.2 Å². The molecule has 5 heteroatoms. The van der Waals surface area contributed by atoms with Gasteiger partial charge in [0, 0.05) is 25.2 Å². The van der Waals surface area contributed by atoms with Gasteiger partial charge in [-0.2, -0.15) is 0 Å². The molecule has 1 saturated heterocycles. The van der Waals surface area contributed by atoms with Crippen molar-refractivity contribution in [1.29, 1.82) is 0 Å². The summed E-state index contributed by atoms with van der Waals surface area (Å²) in [5.41, 5.74) is 2.91. The van der Waals surface area contributed by atoms with Crippen LogP contribution < -0.4 is 5.32 Å². The first-order valence-electron chi connectivity index (χ1n) is 7.83. The standard InChI is InChI=1S/C16H24N2O2S/c1-21(19,20)18-11-9-14(10-12-18)17-16-8-4-6-13-5-2-3-7-15(13)16/h2-3,5,7,14,16-17H,4,6,8-12H2,1H3. The zero-order valence-corrected chi connectivity index (χ0v) is 13.4. The molecule has 1 fully saturated rings. The third kappa shape index (κ3) is 3.47. The largest absolute Gasteiger partial charge is 0.307 e. The molecule has 3 rings (SSSR count). The summed E-state index contributed by atoms with van der Waals surface area (Å²) >= 11 is 0. The molecule has 1 N–H and O–H groups in total. The Labute approximate surface area is 127 Å². The number of fused-ring (bicyclic) bond motifs is 1. The van der Waals surface area contributed by atoms with E-state index in [0.717, 1.165) is 12.8 Å². The highest BCUT2D eigenvalue weighted by Gasteiger charge is 2.28. The Morgan fingerprint density at radius 2 is 1.86 bits per heavy atom. The van der Waals surface area contributed by atoms with E-state index in [-0.39, 0.29) is 0 Å². The monoisotopic (exact) mass is 308 g/mol. The molecule has 0 amide bonds. The lowest BCUT2D eigenvalue weighted by atomic mass is 9.87. The van der Waals surface area contributed by atoms with E-state index in [9.17, 15) is 8.42 Å². The van der Waals surface area contributed by atoms with Crippen LogP contribution in [-0.4, -0.2) is 38.1 Å². The fourth-order valence-corrected chi connectivity index (χ4v) is 4.44. The van der Waals surface area contributed by atoms with Crippen molar-refractivity contribution in [3.63, 3.8) is 0 Å². The van der Waals surface area contributed by atoms with Crippen molar-refractivity contribution < 1.29 is 8.42 Å². The van der Waals surface area contributed by atoms with Crippen molar-refractivity contribution in [3.8, 4) is 0 Å². The summed E-state index contributed by atoms with van der Waals surface area (Å²) in [5, 5.41) is 3.76. The average Bonchev–Trinajstić information content (AvgIpc) is 2.47. The van der Waals surface area contributed by atoms with Crippen LogP contribution in [0.2, 0.25) is 0 Å². The summed E-state index contributed by atoms with van der Waals surface area (Å²) in [7, 11) is -3.03. The maximum absolute atomic E-state index is 11.6. The molecule has 0 aromatic heterocycles. The van der Waals surface area contributed by atoms with Gasteiger partial charge in [-0.3, -0.25) is 0 Å². The summed E-state index contributed by atoms with van der Waals surface area (Å²) < 4.78 is 24.7. The van der Waals surface area contributed by atoms with Crippen LogP contribution in [0.3, 0.4) is 0 Å². The van der Waals surface area contributed by atoms with E-state index in [2.05, 4.69) is 29.6 Å². The zero-order valence-electron chi connectivity index (χ0n) is 12.6. The highest BCUT2D eigenvalue weighted by molar-refractivity contribution is 7.88. The molecule has 0 bridgehead atoms. The van der Waals surface area contributed by atoms with Crippen LogP contribution in [0.15, 0.2) is 24.3 Å². The number of nitrogens with zero attached hydrogens (tertiary/aromatic N) is 1. The lowest BCUT2D eigenvalue weighted by molar-refractivity contribution is 0.267. The molecule has 1 aromatic carbocycles. The minimum atomic E-state index is -3.03. The van der Waals surface area contributed by atoms with Gasteiger partial charge >= 0.3 is 0 Å². The van der Waals surface area contributed by atoms with Gasteiger partial charge in [0.25, 0.3) is 0 Å². The maximum atomic E-state index is 11.6. The van der Waals surface area contributed by atoms with E-state index in [1.807, 2.05) is 0 Å². The lowest BCUT2D eigenvalue weighted by Gasteiger charge is -2.35. The third-order valence-electron chi connectivity index (χ3n) is 4.73. The summed E-state index contributed by atoms with van der Waals surface area (Å²) in [6.45, 7) is 1.29. The SMILES string of the molecule is CS(=O)(=O)N1CCC(NC2CCCc3ccccc32)CC1. The third-order valence-corrected chi connectivity index (χ3v) is 6.03. The molecule has 116 valence electrons. The Morgan fingerprint density at radius 3 is 2.57 bits per heavy atom. The molecule has 0 saturated carbocycles. The van der Waals surface area contributed by atoms with Gasteiger partial charge in [-0.1, -0.05) is 24.3 Å². The number of nitrogens with one attached hydrogen (secondary N) is 1. The predicted octanol–water partition coefficient (Wildman–Crippen LogP) is 2.08. The molecule has 1 heterocycles. The van der Waals surface area contributed by atoms with Gasteiger partial charge in [-0.25, -0.2) is 12.7 Å². The van der Waals surface area contributed by atoms with E-state index >= 15 is 0 Å². The zero-order chi connectivity index (χ0) is 14.9. The van der Waals surface area contributed by atoms with Crippen LogP contribution in [0.25, 0.3) is 0 Å². The second-order valence-electron chi connectivity index (χ2n) is 6.25. The molecular weight excluding hydrogens is 284 g/mol. The number of hydrogen-bond donors (Lipinski definition) is 1. The quantitative estimate of drug-likeness (QED) is 0.930. The summed E-state index contributed by atoms with van der Waals surface area (Å²) in [6, 6.07) is 9.56. The molecule has 1 atom stereocenters. The van der Waals surface area contributed by atoms with Crippen LogP contribution in [0, 0.1) is 0 Å². The van der Waals surface area contributed by atoms with Crippen LogP contribution in [0.1, 0.15) is 42.9 Å². The molecule has 0 spiro atoms. The molecule has 2 aliphatic rings. The van der Waals surface area contributed by atoms with Crippen molar-refractivity contribution in [3.05, 3.63) is 35.4 Å². The summed E-state index contributed by atoms with van der Waals surface area (Å²) in [4.78, 5) is 0. The smallest absolute Gasteiger partial charge is 0.211 e. The van der Waals surface area contributed by atoms with Gasteiger partial charge in [0.05, 0.1) is 6.26 Å². The second-order valence-corrected chi connectivity index (χ2v) is 8.23. The fourth-order valence-electron chi connectivity index (χ4n) is 3.57. The minimum Gasteiger partial charge on any atom is -0.307 e. The Balaban J connectivity index is 1.62. The van der Waals surface area contributed by atoms with Gasteiger partial charge in [0.15, 0.2) is 0 Å². The Hall–Kier alpha value is -0.910. The number of sulfonamides is 1. The van der Waals surface area contributed by atoms with Crippen LogP contribution in [0.4, 0.5) is 0 Å². The number of piperidine rings is 1. The minimum absolute atomic E-state index is 0.430. The number of benzene rings is 1. The van der Waals surface area contributed by atoms with Crippen molar-refractivity contribution in [1.82, 2.24) is 9.62 Å². The highest BCUT2D eigenvalue weighted by atomic mass is 32.2. The Bertz CT molecular complexity index is 592. The van der Waals surface area contributed by atoms with Gasteiger partial charge < -0.3 is 5.32 Å². The van der Waals surface area contributed by atoms with Gasteiger partial charge in [0.2, 0.25) is 10.0 Å². The fraction of sp³-hybridized carbons (Fsp3) is 0.625. The topological polar surface area (TPSA) is 49.4 Å². The summed E-state index contributed by atoms with van der Waals surface area (Å²) in [6.07, 6.45) is 6.72. The molecule has 1 aromatic rings. The van der Waals surface area contributed by atoms with Crippen molar-refractivity contribution >= 4 is 10.0 Å². The van der Waals surface area contributed by atoms with E-state index in [1.165, 1.54) is 36.6 Å². The first kappa shape index (κ1) is 15.0. The molecular formula is C16H24N2O2S. The van der Waals surface area contributed by atoms with Crippen molar-refractivity contribution in [2.24, 2.45) is 0 Å². The lowest BCUT2D eigenvalue weighted by Crippen LogP contribution is -2.45. The number of aryl methyl sites for hydroxylation is 1. The van der Waals surface area contributed by atoms with Crippen molar-refractivity contribution in [2.45, 2.75) is 44.2 Å². The van der Waals surface area contributed by atoms with Crippen LogP contribution >= 0.6 is 0 Å². The van der Waals surface area contributed by atoms with E-state index in [1.54, 1.807) is 4.31 Å². The normalized spacial score (nSPS) is 24.7. The van der Waals surface area contributed by atoms with Crippen molar-refractivity contribution in [2.75, 3.05) is 19.3 Å². The van der Waals surface area contributed by atoms with Gasteiger partial charge in [0.1, 0.15) is 0 Å². The van der Waals surface area contributed by atoms with E-state index in [4.69, 9.17) is 0 Å². The first-order chi connectivity index (χ1) is 10.0. The highest BCUT2D eigenvalue weighted by Crippen LogP contribution is 2.30.